The molecule has 0 aromatic heterocycles. The largest absolute Gasteiger partial charge is 0.497 e. The van der Waals surface area contributed by atoms with E-state index in [1.807, 2.05) is 34.5 Å². The molecule has 1 atom stereocenters. The Morgan fingerprint density at radius 3 is 2.58 bits per heavy atom. The van der Waals surface area contributed by atoms with Crippen molar-refractivity contribution >= 4 is 17.5 Å². The van der Waals surface area contributed by atoms with Crippen molar-refractivity contribution in [3.8, 4) is 5.75 Å². The van der Waals surface area contributed by atoms with Gasteiger partial charge in [-0.2, -0.15) is 0 Å². The molecule has 7 heteroatoms. The summed E-state index contributed by atoms with van der Waals surface area (Å²) in [6.45, 7) is 4.52. The molecule has 2 amide bonds. The minimum Gasteiger partial charge on any atom is -0.497 e. The van der Waals surface area contributed by atoms with Gasteiger partial charge in [-0.1, -0.05) is 0 Å². The zero-order valence-corrected chi connectivity index (χ0v) is 14.0. The molecule has 0 bridgehead atoms. The lowest BCUT2D eigenvalue weighted by atomic mass is 10.1. The molecule has 2 aliphatic heterocycles. The molecular weight excluding hydrogens is 308 g/mol. The minimum absolute atomic E-state index is 0.0218. The Morgan fingerprint density at radius 2 is 1.96 bits per heavy atom. The first-order chi connectivity index (χ1) is 11.7. The van der Waals surface area contributed by atoms with Crippen LogP contribution in [0.5, 0.6) is 5.75 Å². The summed E-state index contributed by atoms with van der Waals surface area (Å²) >= 11 is 0. The van der Waals surface area contributed by atoms with Crippen molar-refractivity contribution in [2.45, 2.75) is 12.5 Å². The van der Waals surface area contributed by atoms with Crippen molar-refractivity contribution in [1.29, 1.82) is 0 Å². The fourth-order valence-corrected chi connectivity index (χ4v) is 3.22. The van der Waals surface area contributed by atoms with Crippen LogP contribution in [0.25, 0.3) is 0 Å². The van der Waals surface area contributed by atoms with Gasteiger partial charge in [0.2, 0.25) is 5.91 Å². The smallest absolute Gasteiger partial charge is 0.278 e. The van der Waals surface area contributed by atoms with Crippen molar-refractivity contribution in [1.82, 2.24) is 10.2 Å². The third-order valence-corrected chi connectivity index (χ3v) is 4.70. The van der Waals surface area contributed by atoms with Gasteiger partial charge in [0.15, 0.2) is 6.04 Å². The molecular formula is C17H25N4O3+. The minimum atomic E-state index is -0.272. The molecule has 1 aromatic carbocycles. The Hall–Kier alpha value is -2.28. The molecule has 2 heterocycles. The van der Waals surface area contributed by atoms with Gasteiger partial charge in [-0.25, -0.2) is 0 Å². The lowest BCUT2D eigenvalue weighted by Crippen LogP contribution is -2.96. The summed E-state index contributed by atoms with van der Waals surface area (Å²) in [4.78, 5) is 28.3. The highest BCUT2D eigenvalue weighted by Gasteiger charge is 2.31. The summed E-state index contributed by atoms with van der Waals surface area (Å²) in [5.41, 5.74) is 1.14. The van der Waals surface area contributed by atoms with Crippen molar-refractivity contribution in [3.63, 3.8) is 0 Å². The van der Waals surface area contributed by atoms with Crippen LogP contribution in [-0.2, 0) is 9.59 Å². The average Bonchev–Trinajstić information content (AvgIpc) is 2.64. The van der Waals surface area contributed by atoms with Crippen LogP contribution in [0, 0.1) is 0 Å². The van der Waals surface area contributed by atoms with Gasteiger partial charge in [-0.15, -0.1) is 0 Å². The van der Waals surface area contributed by atoms with Gasteiger partial charge < -0.3 is 25.2 Å². The number of nitrogens with two attached hydrogens (primary N) is 1. The number of piperazine rings is 2. The fraction of sp³-hybridized carbons (Fsp3) is 0.529. The number of anilines is 1. The van der Waals surface area contributed by atoms with Gasteiger partial charge in [-0.05, 0) is 24.3 Å². The molecule has 0 aliphatic carbocycles. The zero-order valence-electron chi connectivity index (χ0n) is 14.0. The number of amides is 2. The van der Waals surface area contributed by atoms with Crippen LogP contribution < -0.4 is 20.3 Å². The van der Waals surface area contributed by atoms with Gasteiger partial charge in [0.05, 0.1) is 26.6 Å². The second-order valence-corrected chi connectivity index (χ2v) is 6.19. The van der Waals surface area contributed by atoms with Crippen LogP contribution in [0.15, 0.2) is 24.3 Å². The molecule has 3 N–H and O–H groups in total. The summed E-state index contributed by atoms with van der Waals surface area (Å²) in [5, 5.41) is 4.78. The van der Waals surface area contributed by atoms with Gasteiger partial charge in [0, 0.05) is 31.9 Å². The van der Waals surface area contributed by atoms with E-state index < -0.39 is 0 Å². The maximum Gasteiger partial charge on any atom is 0.278 e. The molecule has 2 aliphatic rings. The topological polar surface area (TPSA) is 78.5 Å². The number of methoxy groups -OCH3 is 1. The van der Waals surface area contributed by atoms with Crippen LogP contribution in [0.1, 0.15) is 6.42 Å². The van der Waals surface area contributed by atoms with Crippen LogP contribution in [0.4, 0.5) is 5.69 Å². The number of ether oxygens (including phenoxy) is 1. The predicted molar refractivity (Wildman–Crippen MR) is 90.0 cm³/mol. The highest BCUT2D eigenvalue weighted by molar-refractivity contribution is 5.87. The molecule has 7 nitrogen and oxygen atoms in total. The van der Waals surface area contributed by atoms with E-state index in [4.69, 9.17) is 4.74 Å². The third-order valence-electron chi connectivity index (χ3n) is 4.70. The first kappa shape index (κ1) is 16.6. The monoisotopic (exact) mass is 333 g/mol. The highest BCUT2D eigenvalue weighted by Crippen LogP contribution is 2.20. The second-order valence-electron chi connectivity index (χ2n) is 6.19. The van der Waals surface area contributed by atoms with Crippen molar-refractivity contribution < 1.29 is 19.6 Å². The van der Waals surface area contributed by atoms with E-state index in [1.54, 1.807) is 7.11 Å². The van der Waals surface area contributed by atoms with E-state index in [2.05, 4.69) is 10.2 Å². The number of carbonyl (C=O) groups excluding carboxylic acids is 2. The molecule has 2 saturated heterocycles. The quantitative estimate of drug-likeness (QED) is 0.725. The van der Waals surface area contributed by atoms with E-state index in [9.17, 15) is 9.59 Å². The summed E-state index contributed by atoms with van der Waals surface area (Å²) < 4.78 is 5.18. The number of hydrogen-bond donors (Lipinski definition) is 2. The molecule has 2 fully saturated rings. The summed E-state index contributed by atoms with van der Waals surface area (Å²) in [6, 6.07) is 7.70. The second kappa shape index (κ2) is 7.53. The van der Waals surface area contributed by atoms with Crippen LogP contribution >= 0.6 is 0 Å². The van der Waals surface area contributed by atoms with Gasteiger partial charge >= 0.3 is 0 Å². The first-order valence-corrected chi connectivity index (χ1v) is 8.45. The Morgan fingerprint density at radius 1 is 1.25 bits per heavy atom. The maximum absolute atomic E-state index is 12.4. The zero-order chi connectivity index (χ0) is 16.9. The van der Waals surface area contributed by atoms with Crippen molar-refractivity contribution in [3.05, 3.63) is 24.3 Å². The molecule has 24 heavy (non-hydrogen) atoms. The molecule has 0 saturated carbocycles. The van der Waals surface area contributed by atoms with E-state index in [0.29, 0.717) is 19.6 Å². The lowest BCUT2D eigenvalue weighted by molar-refractivity contribution is -0.678. The summed E-state index contributed by atoms with van der Waals surface area (Å²) in [5.74, 6) is 0.892. The fourth-order valence-electron chi connectivity index (χ4n) is 3.22. The standard InChI is InChI=1S/C17H24N4O3/c1-24-14-4-2-13(3-5-14)20-8-10-21(11-9-20)16(22)12-15-17(23)19-7-6-18-15/h2-5,15,18H,6-12H2,1H3,(H,19,23)/p+1/t15-/m0/s1. The van der Waals surface area contributed by atoms with E-state index in [0.717, 1.165) is 31.1 Å². The number of nitrogens with zero attached hydrogens (tertiary/aromatic N) is 2. The Balaban J connectivity index is 1.50. The SMILES string of the molecule is COc1ccc(N2CCN(C(=O)C[C@@H]3[NH2+]CCNC3=O)CC2)cc1. The average molecular weight is 333 g/mol. The first-order valence-electron chi connectivity index (χ1n) is 8.45. The van der Waals surface area contributed by atoms with Gasteiger partial charge in [0.1, 0.15) is 5.75 Å². The number of benzene rings is 1. The number of rotatable bonds is 4. The Labute approximate surface area is 141 Å². The molecule has 1 aromatic rings. The van der Waals surface area contributed by atoms with E-state index in [1.165, 1.54) is 0 Å². The highest BCUT2D eigenvalue weighted by atomic mass is 16.5. The molecule has 3 rings (SSSR count). The molecule has 0 radical (unpaired) electrons. The lowest BCUT2D eigenvalue weighted by Gasteiger charge is -2.36. The number of carbonyl (C=O) groups is 2. The Kier molecular flexibility index (Phi) is 5.20. The van der Waals surface area contributed by atoms with Crippen LogP contribution in [-0.4, -0.2) is 69.1 Å². The van der Waals surface area contributed by atoms with E-state index >= 15 is 0 Å². The normalized spacial score (nSPS) is 21.4. The van der Waals surface area contributed by atoms with Crippen LogP contribution in [0.2, 0.25) is 0 Å². The van der Waals surface area contributed by atoms with E-state index in [-0.39, 0.29) is 24.3 Å². The summed E-state index contributed by atoms with van der Waals surface area (Å²) in [6.07, 6.45) is 0.286. The maximum atomic E-state index is 12.4. The number of hydrogen-bond acceptors (Lipinski definition) is 4. The Bertz CT molecular complexity index is 582. The van der Waals surface area contributed by atoms with Crippen molar-refractivity contribution in [2.24, 2.45) is 0 Å². The number of quaternary nitrogens is 1. The molecule has 130 valence electrons. The number of nitrogens with one attached hydrogen (secondary N) is 1. The van der Waals surface area contributed by atoms with Crippen molar-refractivity contribution in [2.75, 3.05) is 51.3 Å². The van der Waals surface area contributed by atoms with Gasteiger partial charge in [0.25, 0.3) is 5.91 Å². The molecule has 0 unspecified atom stereocenters. The predicted octanol–water partition coefficient (Wildman–Crippen LogP) is -1.20. The third kappa shape index (κ3) is 3.79. The summed E-state index contributed by atoms with van der Waals surface area (Å²) in [7, 11) is 1.66. The van der Waals surface area contributed by atoms with Gasteiger partial charge in [-0.3, -0.25) is 9.59 Å². The molecule has 0 spiro atoms. The van der Waals surface area contributed by atoms with Crippen LogP contribution in [0.3, 0.4) is 0 Å².